The average Bonchev–Trinajstić information content (AvgIpc) is 3.23. The molecule has 0 radical (unpaired) electrons. The maximum atomic E-state index is 2.57. The van der Waals surface area contributed by atoms with Crippen LogP contribution in [0.2, 0.25) is 0 Å². The molecule has 1 aromatic heterocycles. The lowest BCUT2D eigenvalue weighted by molar-refractivity contribution is 0.667. The van der Waals surface area contributed by atoms with Gasteiger partial charge in [-0.3, -0.25) is 0 Å². The molecule has 0 bridgehead atoms. The smallest absolute Gasteiger partial charge is 0.247 e. The molecule has 2 aliphatic heterocycles. The van der Waals surface area contributed by atoms with E-state index in [9.17, 15) is 0 Å². The fourth-order valence-corrected chi connectivity index (χ4v) is 8.69. The van der Waals surface area contributed by atoms with E-state index in [1.807, 2.05) is 23.5 Å². The van der Waals surface area contributed by atoms with Crippen molar-refractivity contribution in [3.63, 3.8) is 0 Å². The summed E-state index contributed by atoms with van der Waals surface area (Å²) < 4.78 is 2.57. The van der Waals surface area contributed by atoms with Crippen LogP contribution in [0.25, 0.3) is 16.6 Å². The first-order valence-electron chi connectivity index (χ1n) is 12.2. The maximum Gasteiger partial charge on any atom is 0.247 e. The number of aromatic nitrogens is 1. The van der Waals surface area contributed by atoms with E-state index in [0.717, 1.165) is 0 Å². The van der Waals surface area contributed by atoms with Crippen molar-refractivity contribution in [3.8, 4) is 5.69 Å². The Morgan fingerprint density at radius 2 is 1.38 bits per heavy atom. The van der Waals surface area contributed by atoms with Gasteiger partial charge in [0.1, 0.15) is 0 Å². The molecule has 0 N–H and O–H groups in total. The molecule has 0 saturated carbocycles. The zero-order chi connectivity index (χ0) is 22.2. The highest BCUT2D eigenvalue weighted by molar-refractivity contribution is 8.01. The summed E-state index contributed by atoms with van der Waals surface area (Å²) in [5.74, 6) is 0. The molecule has 0 fully saturated rings. The quantitative estimate of drug-likeness (QED) is 0.273. The Bertz CT molecular complexity index is 1620. The molecular formula is C30H22BNS2. The fourth-order valence-electron chi connectivity index (χ4n) is 6.30. The van der Waals surface area contributed by atoms with Gasteiger partial charge < -0.3 is 4.57 Å². The van der Waals surface area contributed by atoms with E-state index in [-0.39, 0.29) is 0 Å². The van der Waals surface area contributed by atoms with Crippen molar-refractivity contribution in [3.05, 3.63) is 96.2 Å². The number of rotatable bonds is 1. The molecule has 0 saturated heterocycles. The van der Waals surface area contributed by atoms with Gasteiger partial charge in [-0.25, -0.2) is 0 Å². The molecule has 3 heterocycles. The number of aryl methyl sites for hydroxylation is 1. The zero-order valence-electron chi connectivity index (χ0n) is 18.8. The monoisotopic (exact) mass is 471 g/mol. The Hall–Kier alpha value is -2.82. The molecule has 4 heteroatoms. The molecule has 34 heavy (non-hydrogen) atoms. The Labute approximate surface area is 208 Å². The Balaban J connectivity index is 1.39. The lowest BCUT2D eigenvalue weighted by Crippen LogP contribution is -2.58. The number of nitrogens with zero attached hydrogens (tertiary/aromatic N) is 1. The van der Waals surface area contributed by atoms with Crippen LogP contribution in [-0.2, 0) is 12.8 Å². The van der Waals surface area contributed by atoms with Crippen LogP contribution >= 0.6 is 23.5 Å². The topological polar surface area (TPSA) is 4.93 Å². The molecule has 0 amide bonds. The van der Waals surface area contributed by atoms with Crippen molar-refractivity contribution in [2.45, 2.75) is 45.3 Å². The zero-order valence-corrected chi connectivity index (χ0v) is 20.4. The molecule has 8 rings (SSSR count). The molecule has 0 spiro atoms. The molecule has 4 aromatic carbocycles. The van der Waals surface area contributed by atoms with Gasteiger partial charge in [-0.05, 0) is 79.2 Å². The van der Waals surface area contributed by atoms with Crippen LogP contribution in [0.3, 0.4) is 0 Å². The molecule has 0 atom stereocenters. The summed E-state index contributed by atoms with van der Waals surface area (Å²) >= 11 is 3.87. The van der Waals surface area contributed by atoms with Crippen LogP contribution in [0.4, 0.5) is 0 Å². The first-order valence-corrected chi connectivity index (χ1v) is 13.8. The summed E-state index contributed by atoms with van der Waals surface area (Å²) in [6, 6.07) is 32.1. The van der Waals surface area contributed by atoms with Gasteiger partial charge in [0.15, 0.2) is 0 Å². The van der Waals surface area contributed by atoms with Crippen molar-refractivity contribution in [2.75, 3.05) is 0 Å². The molecule has 0 unspecified atom stereocenters. The van der Waals surface area contributed by atoms with E-state index >= 15 is 0 Å². The van der Waals surface area contributed by atoms with E-state index in [2.05, 4.69) is 89.5 Å². The van der Waals surface area contributed by atoms with Crippen molar-refractivity contribution >= 4 is 57.5 Å². The highest BCUT2D eigenvalue weighted by atomic mass is 32.2. The molecule has 1 aliphatic carbocycles. The molecular weight excluding hydrogens is 449 g/mol. The van der Waals surface area contributed by atoms with Crippen LogP contribution in [0.1, 0.15) is 24.1 Å². The van der Waals surface area contributed by atoms with Gasteiger partial charge in [-0.15, -0.1) is 0 Å². The fraction of sp³-hybridized carbons (Fsp3) is 0.133. The SMILES string of the molecule is c1ccc2c(c1)Sc1cccc3c1B2c1cc(-n2c4c(c5ccccc52)CCCC4)ccc1S3. The van der Waals surface area contributed by atoms with Crippen LogP contribution in [0, 0.1) is 0 Å². The number of hydrogen-bond acceptors (Lipinski definition) is 2. The second-order valence-corrected chi connectivity index (χ2v) is 11.7. The van der Waals surface area contributed by atoms with Crippen LogP contribution in [-0.4, -0.2) is 11.3 Å². The van der Waals surface area contributed by atoms with Crippen LogP contribution < -0.4 is 16.4 Å². The van der Waals surface area contributed by atoms with Crippen LogP contribution in [0.5, 0.6) is 0 Å². The van der Waals surface area contributed by atoms with E-state index in [0.29, 0.717) is 6.71 Å². The largest absolute Gasteiger partial charge is 0.313 e. The third-order valence-electron chi connectivity index (χ3n) is 7.73. The molecule has 5 aromatic rings. The van der Waals surface area contributed by atoms with Gasteiger partial charge in [0, 0.05) is 36.3 Å². The second-order valence-electron chi connectivity index (χ2n) is 9.55. The lowest BCUT2D eigenvalue weighted by atomic mass is 9.36. The van der Waals surface area contributed by atoms with Gasteiger partial charge in [-0.1, -0.05) is 76.9 Å². The molecule has 1 nitrogen and oxygen atoms in total. The maximum absolute atomic E-state index is 2.57. The summed E-state index contributed by atoms with van der Waals surface area (Å²) in [5, 5.41) is 1.44. The third-order valence-corrected chi connectivity index (χ3v) is 10.1. The first-order chi connectivity index (χ1) is 16.9. The minimum atomic E-state index is 0.303. The summed E-state index contributed by atoms with van der Waals surface area (Å²) in [4.78, 5) is 5.61. The van der Waals surface area contributed by atoms with E-state index in [1.54, 1.807) is 5.56 Å². The van der Waals surface area contributed by atoms with Gasteiger partial charge in [0.2, 0.25) is 6.71 Å². The summed E-state index contributed by atoms with van der Waals surface area (Å²) in [7, 11) is 0. The molecule has 3 aliphatic rings. The summed E-state index contributed by atoms with van der Waals surface area (Å²) in [6.07, 6.45) is 4.96. The van der Waals surface area contributed by atoms with Gasteiger partial charge >= 0.3 is 0 Å². The number of fused-ring (bicyclic) bond motifs is 7. The van der Waals surface area contributed by atoms with Crippen molar-refractivity contribution in [2.24, 2.45) is 0 Å². The van der Waals surface area contributed by atoms with Gasteiger partial charge in [0.25, 0.3) is 0 Å². The predicted molar refractivity (Wildman–Crippen MR) is 146 cm³/mol. The van der Waals surface area contributed by atoms with Gasteiger partial charge in [-0.2, -0.15) is 0 Å². The predicted octanol–water partition coefficient (Wildman–Crippen LogP) is 5.95. The number of para-hydroxylation sites is 1. The van der Waals surface area contributed by atoms with Crippen molar-refractivity contribution < 1.29 is 0 Å². The Morgan fingerprint density at radius 3 is 2.29 bits per heavy atom. The minimum Gasteiger partial charge on any atom is -0.313 e. The number of hydrogen-bond donors (Lipinski definition) is 0. The highest BCUT2D eigenvalue weighted by Gasteiger charge is 2.38. The normalized spacial score (nSPS) is 15.5. The first kappa shape index (κ1) is 19.5. The minimum absolute atomic E-state index is 0.303. The van der Waals surface area contributed by atoms with Gasteiger partial charge in [0.05, 0.1) is 5.52 Å². The molecule has 162 valence electrons. The van der Waals surface area contributed by atoms with E-state index < -0.39 is 0 Å². The Morgan fingerprint density at radius 1 is 0.647 bits per heavy atom. The highest BCUT2D eigenvalue weighted by Crippen LogP contribution is 2.39. The van der Waals surface area contributed by atoms with Crippen LogP contribution in [0.15, 0.2) is 105 Å². The Kier molecular flexibility index (Phi) is 4.21. The van der Waals surface area contributed by atoms with Crippen molar-refractivity contribution in [1.29, 1.82) is 0 Å². The lowest BCUT2D eigenvalue weighted by Gasteiger charge is -2.33. The summed E-state index contributed by atoms with van der Waals surface area (Å²) in [5.41, 5.74) is 10.2. The second kappa shape index (κ2) is 7.34. The third kappa shape index (κ3) is 2.67. The standard InChI is InChI=1S/C30H22BNS2/c1-4-11-24-20(8-1)21-9-2-5-12-25(21)32(24)19-16-17-27-23(18-19)31-22-10-3-6-13-26(22)33-28-14-7-15-29(34-27)30(28)31/h1,3-4,6-8,10-11,13-18H,2,5,9,12H2. The van der Waals surface area contributed by atoms with E-state index in [1.165, 1.54) is 83.9 Å². The average molecular weight is 471 g/mol. The number of benzene rings is 4. The van der Waals surface area contributed by atoms with E-state index in [4.69, 9.17) is 0 Å². The van der Waals surface area contributed by atoms with Crippen molar-refractivity contribution in [1.82, 2.24) is 4.57 Å². The summed E-state index contributed by atoms with van der Waals surface area (Å²) in [6.45, 7) is 0.303.